The lowest BCUT2D eigenvalue weighted by Crippen LogP contribution is -2.26. The Kier molecular flexibility index (Phi) is 2.25. The minimum atomic E-state index is -0.426. The van der Waals surface area contributed by atoms with Crippen molar-refractivity contribution in [2.24, 2.45) is 0 Å². The first-order chi connectivity index (χ1) is 6.72. The largest absolute Gasteiger partial charge is 0.464 e. The van der Waals surface area contributed by atoms with Crippen molar-refractivity contribution in [2.45, 2.75) is 13.0 Å². The van der Waals surface area contributed by atoms with E-state index in [4.69, 9.17) is 4.52 Å². The highest BCUT2D eigenvalue weighted by atomic mass is 16.5. The van der Waals surface area contributed by atoms with Crippen LogP contribution < -0.4 is 0 Å². The molecule has 1 aliphatic heterocycles. The number of aromatic nitrogens is 1. The van der Waals surface area contributed by atoms with Gasteiger partial charge in [-0.3, -0.25) is 0 Å². The van der Waals surface area contributed by atoms with Crippen molar-refractivity contribution in [3.8, 4) is 0 Å². The number of ether oxygens (including phenoxy) is 1. The summed E-state index contributed by atoms with van der Waals surface area (Å²) < 4.78 is 9.70. The molecular weight excluding hydrogens is 184 g/mol. The van der Waals surface area contributed by atoms with Crippen LogP contribution in [0.4, 0.5) is 0 Å². The summed E-state index contributed by atoms with van der Waals surface area (Å²) in [7, 11) is 3.34. The SMILES string of the molecule is COC(=O)c1noc2c1CN(C)CC2. The molecule has 0 amide bonds. The van der Waals surface area contributed by atoms with E-state index in [1.54, 1.807) is 0 Å². The molecule has 0 saturated heterocycles. The first kappa shape index (κ1) is 9.21. The number of carbonyl (C=O) groups is 1. The summed E-state index contributed by atoms with van der Waals surface area (Å²) in [5.74, 6) is 0.383. The van der Waals surface area contributed by atoms with E-state index in [1.807, 2.05) is 7.05 Å². The van der Waals surface area contributed by atoms with Crippen LogP contribution in [0.5, 0.6) is 0 Å². The van der Waals surface area contributed by atoms with Crippen LogP contribution in [0.1, 0.15) is 21.8 Å². The van der Waals surface area contributed by atoms with Crippen LogP contribution >= 0.6 is 0 Å². The van der Waals surface area contributed by atoms with E-state index >= 15 is 0 Å². The standard InChI is InChI=1S/C9H12N2O3/c1-11-4-3-7-6(5-11)8(10-14-7)9(12)13-2/h3-5H2,1-2H3. The number of likely N-dealkylation sites (N-methyl/N-ethyl adjacent to an activating group) is 1. The molecule has 14 heavy (non-hydrogen) atoms. The normalized spacial score (nSPS) is 16.4. The lowest BCUT2D eigenvalue weighted by molar-refractivity contribution is 0.0587. The van der Waals surface area contributed by atoms with Gasteiger partial charge in [0.15, 0.2) is 5.69 Å². The lowest BCUT2D eigenvalue weighted by atomic mass is 10.1. The van der Waals surface area contributed by atoms with Crippen LogP contribution in [-0.4, -0.2) is 36.7 Å². The maximum atomic E-state index is 11.3. The molecule has 0 fully saturated rings. The molecule has 2 heterocycles. The molecule has 0 aliphatic carbocycles. The van der Waals surface area contributed by atoms with Gasteiger partial charge in [0, 0.05) is 25.1 Å². The Bertz CT molecular complexity index is 359. The number of hydrogen-bond donors (Lipinski definition) is 0. The third kappa shape index (κ3) is 1.39. The smallest absolute Gasteiger partial charge is 0.360 e. The number of carbonyl (C=O) groups excluding carboxylic acids is 1. The fourth-order valence-corrected chi connectivity index (χ4v) is 1.60. The van der Waals surface area contributed by atoms with Crippen LogP contribution in [0.2, 0.25) is 0 Å². The molecule has 76 valence electrons. The molecule has 0 bridgehead atoms. The summed E-state index contributed by atoms with van der Waals surface area (Å²) in [6.45, 7) is 1.63. The lowest BCUT2D eigenvalue weighted by Gasteiger charge is -2.20. The molecule has 1 aromatic heterocycles. The van der Waals surface area contributed by atoms with Gasteiger partial charge >= 0.3 is 5.97 Å². The summed E-state index contributed by atoms with van der Waals surface area (Å²) in [6.07, 6.45) is 0.801. The first-order valence-electron chi connectivity index (χ1n) is 4.46. The maximum absolute atomic E-state index is 11.3. The molecule has 0 atom stereocenters. The van der Waals surface area contributed by atoms with E-state index in [0.29, 0.717) is 12.2 Å². The summed E-state index contributed by atoms with van der Waals surface area (Å²) in [5, 5.41) is 3.73. The number of fused-ring (bicyclic) bond motifs is 1. The Balaban J connectivity index is 2.35. The molecule has 0 radical (unpaired) electrons. The molecular formula is C9H12N2O3. The molecule has 0 aromatic carbocycles. The summed E-state index contributed by atoms with van der Waals surface area (Å²) >= 11 is 0. The van der Waals surface area contributed by atoms with Crippen molar-refractivity contribution < 1.29 is 14.1 Å². The van der Waals surface area contributed by atoms with Crippen LogP contribution in [0.3, 0.4) is 0 Å². The summed E-state index contributed by atoms with van der Waals surface area (Å²) in [5.41, 5.74) is 1.18. The monoisotopic (exact) mass is 196 g/mol. The summed E-state index contributed by atoms with van der Waals surface area (Å²) in [6, 6.07) is 0. The molecule has 5 heteroatoms. The predicted octanol–water partition coefficient (Wildman–Crippen LogP) is 0.449. The van der Waals surface area contributed by atoms with Gasteiger partial charge in [0.1, 0.15) is 5.76 Å². The second kappa shape index (κ2) is 3.42. The zero-order valence-electron chi connectivity index (χ0n) is 8.24. The maximum Gasteiger partial charge on any atom is 0.360 e. The van der Waals surface area contributed by atoms with Crippen LogP contribution in [0, 0.1) is 0 Å². The third-order valence-corrected chi connectivity index (χ3v) is 2.40. The zero-order valence-corrected chi connectivity index (χ0v) is 8.24. The second-order valence-electron chi connectivity index (χ2n) is 3.41. The Morgan fingerprint density at radius 3 is 3.14 bits per heavy atom. The highest BCUT2D eigenvalue weighted by Crippen LogP contribution is 2.21. The van der Waals surface area contributed by atoms with Crippen molar-refractivity contribution in [1.82, 2.24) is 10.1 Å². The summed E-state index contributed by atoms with van der Waals surface area (Å²) in [4.78, 5) is 13.4. The van der Waals surface area contributed by atoms with Crippen LogP contribution in [0.25, 0.3) is 0 Å². The van der Waals surface area contributed by atoms with Gasteiger partial charge < -0.3 is 14.2 Å². The Labute approximate surface area is 81.6 Å². The molecule has 0 spiro atoms. The van der Waals surface area contributed by atoms with Gasteiger partial charge in [0.2, 0.25) is 0 Å². The fourth-order valence-electron chi connectivity index (χ4n) is 1.60. The molecule has 0 N–H and O–H groups in total. The zero-order chi connectivity index (χ0) is 10.1. The van der Waals surface area contributed by atoms with E-state index in [2.05, 4.69) is 14.8 Å². The first-order valence-corrected chi connectivity index (χ1v) is 4.46. The Morgan fingerprint density at radius 1 is 1.64 bits per heavy atom. The van der Waals surface area contributed by atoms with E-state index in [-0.39, 0.29) is 0 Å². The van der Waals surface area contributed by atoms with Gasteiger partial charge in [-0.1, -0.05) is 5.16 Å². The van der Waals surface area contributed by atoms with E-state index in [0.717, 1.165) is 24.3 Å². The number of hydrogen-bond acceptors (Lipinski definition) is 5. The molecule has 0 unspecified atom stereocenters. The molecule has 5 nitrogen and oxygen atoms in total. The van der Waals surface area contributed by atoms with Crippen molar-refractivity contribution in [3.05, 3.63) is 17.0 Å². The van der Waals surface area contributed by atoms with Gasteiger partial charge in [-0.2, -0.15) is 0 Å². The minimum Gasteiger partial charge on any atom is -0.464 e. The van der Waals surface area contributed by atoms with E-state index < -0.39 is 5.97 Å². The number of rotatable bonds is 1. The van der Waals surface area contributed by atoms with Gasteiger partial charge in [0.05, 0.1) is 7.11 Å². The average molecular weight is 196 g/mol. The van der Waals surface area contributed by atoms with Crippen molar-refractivity contribution in [3.63, 3.8) is 0 Å². The Hall–Kier alpha value is -1.36. The number of nitrogens with zero attached hydrogens (tertiary/aromatic N) is 2. The topological polar surface area (TPSA) is 55.6 Å². The number of methoxy groups -OCH3 is 1. The molecule has 2 rings (SSSR count). The van der Waals surface area contributed by atoms with Crippen LogP contribution in [-0.2, 0) is 17.7 Å². The van der Waals surface area contributed by atoms with Gasteiger partial charge in [0.25, 0.3) is 0 Å². The van der Waals surface area contributed by atoms with Crippen molar-refractivity contribution in [1.29, 1.82) is 0 Å². The second-order valence-corrected chi connectivity index (χ2v) is 3.41. The van der Waals surface area contributed by atoms with Crippen molar-refractivity contribution in [2.75, 3.05) is 20.7 Å². The van der Waals surface area contributed by atoms with Gasteiger partial charge in [-0.25, -0.2) is 4.79 Å². The van der Waals surface area contributed by atoms with Crippen molar-refractivity contribution >= 4 is 5.97 Å². The number of esters is 1. The highest BCUT2D eigenvalue weighted by Gasteiger charge is 2.26. The van der Waals surface area contributed by atoms with E-state index in [1.165, 1.54) is 7.11 Å². The van der Waals surface area contributed by atoms with Gasteiger partial charge in [-0.15, -0.1) is 0 Å². The highest BCUT2D eigenvalue weighted by molar-refractivity contribution is 5.88. The quantitative estimate of drug-likeness (QED) is 0.610. The average Bonchev–Trinajstić information content (AvgIpc) is 2.59. The minimum absolute atomic E-state index is 0.314. The van der Waals surface area contributed by atoms with E-state index in [9.17, 15) is 4.79 Å². The van der Waals surface area contributed by atoms with Gasteiger partial charge in [-0.05, 0) is 7.05 Å². The fraction of sp³-hybridized carbons (Fsp3) is 0.556. The molecule has 1 aromatic rings. The predicted molar refractivity (Wildman–Crippen MR) is 47.9 cm³/mol. The molecule has 1 aliphatic rings. The van der Waals surface area contributed by atoms with Crippen LogP contribution in [0.15, 0.2) is 4.52 Å². The Morgan fingerprint density at radius 2 is 2.43 bits per heavy atom. The third-order valence-electron chi connectivity index (χ3n) is 2.40. The molecule has 0 saturated carbocycles.